The fraction of sp³-hybridized carbons (Fsp3) is 0. The predicted molar refractivity (Wildman–Crippen MR) is 20.2 cm³/mol. The Hall–Kier alpha value is 1.93. The minimum Gasteiger partial charge on any atom is -1.00 e. The van der Waals surface area contributed by atoms with E-state index in [0.717, 1.165) is 0 Å². The van der Waals surface area contributed by atoms with Gasteiger partial charge >= 0.3 is 23.1 Å². The first kappa shape index (κ1) is 65.6. The number of hydrogen-bond donors (Lipinski definition) is 0. The fourth-order valence-corrected chi connectivity index (χ4v) is 0. The molecule has 0 atom stereocenters. The first-order valence-electron chi connectivity index (χ1n) is 0. The van der Waals surface area contributed by atoms with Crippen LogP contribution in [0.4, 0.5) is 0 Å². The van der Waals surface area contributed by atoms with Crippen molar-refractivity contribution < 1.29 is 24.8 Å². The number of hydrogen-bond acceptors (Lipinski definition) is 0. The summed E-state index contributed by atoms with van der Waals surface area (Å²) >= 11 is 0. The zero-order valence-corrected chi connectivity index (χ0v) is 6.84. The average molecular weight is 168 g/mol. The van der Waals surface area contributed by atoms with Crippen LogP contribution in [-0.2, 0) is 0 Å². The topological polar surface area (TPSA) is 0 Å². The maximum Gasteiger partial charge on any atom is 2.00 e. The van der Waals surface area contributed by atoms with Gasteiger partial charge in [-0.1, -0.05) is 0 Å². The van der Waals surface area contributed by atoms with Crippen molar-refractivity contribution in [1.82, 2.24) is 0 Å². The molecule has 0 aliphatic heterocycles. The Kier molecular flexibility index (Phi) is 508. The molecule has 0 aromatic carbocycles. The van der Waals surface area contributed by atoms with Gasteiger partial charge in [-0.3, -0.25) is 0 Å². The van der Waals surface area contributed by atoms with Crippen molar-refractivity contribution in [3.8, 4) is 0 Å². The quantitative estimate of drug-likeness (QED) is 0.316. The van der Waals surface area contributed by atoms with Crippen molar-refractivity contribution >= 4 is 47.9 Å². The number of rotatable bonds is 0. The van der Waals surface area contributed by atoms with Gasteiger partial charge in [0.1, 0.15) is 0 Å². The summed E-state index contributed by atoms with van der Waals surface area (Å²) in [5.41, 5.74) is 0. The summed E-state index contributed by atoms with van der Waals surface area (Å²) in [6.07, 6.45) is 0. The molecule has 0 aromatic rings. The van der Waals surface area contributed by atoms with Crippen LogP contribution in [0, 0.1) is 0 Å². The van der Waals surface area contributed by atoms with Gasteiger partial charge in [0.2, 0.25) is 0 Å². The molecule has 5 heteroatoms. The van der Waals surface area contributed by atoms with Gasteiger partial charge in [0.15, 0.2) is 0 Å². The molecular formula is H2Cl4Mg. The molecule has 0 unspecified atom stereocenters. The van der Waals surface area contributed by atoms with Gasteiger partial charge in [0.25, 0.3) is 0 Å². The summed E-state index contributed by atoms with van der Waals surface area (Å²) in [6, 6.07) is 0. The molecule has 0 fully saturated rings. The molecule has 0 bridgehead atoms. The van der Waals surface area contributed by atoms with Crippen LogP contribution in [0.15, 0.2) is 0 Å². The van der Waals surface area contributed by atoms with Gasteiger partial charge in [-0.2, -0.15) is 0 Å². The second-order valence-corrected chi connectivity index (χ2v) is 0. The van der Waals surface area contributed by atoms with Crippen LogP contribution in [-0.4, -0.2) is 23.1 Å². The van der Waals surface area contributed by atoms with E-state index in [0.29, 0.717) is 0 Å². The summed E-state index contributed by atoms with van der Waals surface area (Å²) in [5, 5.41) is 0. The molecule has 0 heterocycles. The maximum atomic E-state index is 0. The Morgan fingerprint density at radius 2 is 0.600 bits per heavy atom. The molecule has 0 aliphatic carbocycles. The van der Waals surface area contributed by atoms with E-state index in [2.05, 4.69) is 0 Å². The molecule has 0 spiro atoms. The van der Waals surface area contributed by atoms with Crippen molar-refractivity contribution in [2.45, 2.75) is 0 Å². The third-order valence-electron chi connectivity index (χ3n) is 0. The summed E-state index contributed by atoms with van der Waals surface area (Å²) in [7, 11) is 0. The normalized spacial score (nSPS) is 0. The molecule has 0 nitrogen and oxygen atoms in total. The Labute approximate surface area is 72.3 Å². The van der Waals surface area contributed by atoms with Crippen molar-refractivity contribution in [2.24, 2.45) is 0 Å². The summed E-state index contributed by atoms with van der Waals surface area (Å²) in [5.74, 6) is 0. The molecule has 0 saturated heterocycles. The molecule has 0 saturated carbocycles. The smallest absolute Gasteiger partial charge is 1.00 e. The van der Waals surface area contributed by atoms with Crippen molar-refractivity contribution in [2.75, 3.05) is 0 Å². The maximum absolute atomic E-state index is 0. The van der Waals surface area contributed by atoms with Crippen molar-refractivity contribution in [3.05, 3.63) is 0 Å². The van der Waals surface area contributed by atoms with Gasteiger partial charge in [-0.25, -0.2) is 0 Å². The largest absolute Gasteiger partial charge is 2.00 e. The van der Waals surface area contributed by atoms with Crippen LogP contribution in [0.1, 0.15) is 0 Å². The Morgan fingerprint density at radius 3 is 0.600 bits per heavy atom. The van der Waals surface area contributed by atoms with Crippen LogP contribution >= 0.6 is 24.8 Å². The molecule has 0 aliphatic rings. The SMILES string of the molecule is Cl.Cl.[Cl-].[Cl-].[Mg+2]. The van der Waals surface area contributed by atoms with Crippen molar-refractivity contribution in [3.63, 3.8) is 0 Å². The average Bonchev–Trinajstić information content (AvgIpc) is 0. The summed E-state index contributed by atoms with van der Waals surface area (Å²) in [6.45, 7) is 0. The third-order valence-corrected chi connectivity index (χ3v) is 0. The minimum absolute atomic E-state index is 0. The molecule has 0 radical (unpaired) electrons. The Balaban J connectivity index is 0. The van der Waals surface area contributed by atoms with Gasteiger partial charge in [0.05, 0.1) is 0 Å². The van der Waals surface area contributed by atoms with E-state index in [1.165, 1.54) is 0 Å². The van der Waals surface area contributed by atoms with Crippen molar-refractivity contribution in [1.29, 1.82) is 0 Å². The molecular weight excluding hydrogens is 166 g/mol. The summed E-state index contributed by atoms with van der Waals surface area (Å²) in [4.78, 5) is 0. The zero-order valence-electron chi connectivity index (χ0n) is 2.28. The van der Waals surface area contributed by atoms with E-state index >= 15 is 0 Å². The Morgan fingerprint density at radius 1 is 0.600 bits per heavy atom. The van der Waals surface area contributed by atoms with Gasteiger partial charge in [-0.15, -0.1) is 24.8 Å². The molecule has 32 valence electrons. The minimum atomic E-state index is 0. The monoisotopic (exact) mass is 166 g/mol. The Bertz CT molecular complexity index is 3.61. The van der Waals surface area contributed by atoms with Gasteiger partial charge in [0, 0.05) is 0 Å². The summed E-state index contributed by atoms with van der Waals surface area (Å²) < 4.78 is 0. The molecule has 0 rings (SSSR count). The molecule has 0 N–H and O–H groups in total. The first-order valence-corrected chi connectivity index (χ1v) is 0. The second-order valence-electron chi connectivity index (χ2n) is 0. The standard InChI is InChI=1S/4ClH.Mg/h4*1H;/q;;;;+2/p-2. The zero-order chi connectivity index (χ0) is 0. The first-order chi connectivity index (χ1) is 0. The number of halogens is 4. The van der Waals surface area contributed by atoms with E-state index in [4.69, 9.17) is 0 Å². The van der Waals surface area contributed by atoms with E-state index in [1.54, 1.807) is 0 Å². The third kappa shape index (κ3) is 24.6. The second kappa shape index (κ2) is 38.8. The van der Waals surface area contributed by atoms with Crippen LogP contribution in [0.3, 0.4) is 0 Å². The van der Waals surface area contributed by atoms with E-state index in [-0.39, 0.29) is 72.7 Å². The molecule has 0 amide bonds. The molecule has 0 aromatic heterocycles. The van der Waals surface area contributed by atoms with Crippen LogP contribution < -0.4 is 24.8 Å². The van der Waals surface area contributed by atoms with Crippen LogP contribution in [0.5, 0.6) is 0 Å². The van der Waals surface area contributed by atoms with Crippen LogP contribution in [0.25, 0.3) is 0 Å². The fourth-order valence-electron chi connectivity index (χ4n) is 0. The van der Waals surface area contributed by atoms with E-state index < -0.39 is 0 Å². The van der Waals surface area contributed by atoms with Gasteiger partial charge in [-0.05, 0) is 0 Å². The van der Waals surface area contributed by atoms with Crippen LogP contribution in [0.2, 0.25) is 0 Å². The predicted octanol–water partition coefficient (Wildman–Crippen LogP) is -5.53. The molecule has 5 heavy (non-hydrogen) atoms. The van der Waals surface area contributed by atoms with E-state index in [9.17, 15) is 0 Å². The van der Waals surface area contributed by atoms with E-state index in [1.807, 2.05) is 0 Å². The van der Waals surface area contributed by atoms with Gasteiger partial charge < -0.3 is 24.8 Å².